The number of nitro groups is 1. The van der Waals surface area contributed by atoms with E-state index in [1.54, 1.807) is 0 Å². The highest BCUT2D eigenvalue weighted by atomic mass is 16.6. The van der Waals surface area contributed by atoms with Gasteiger partial charge in [-0.05, 0) is 44.9 Å². The van der Waals surface area contributed by atoms with E-state index in [1.165, 1.54) is 43.5 Å². The molecule has 0 unspecified atom stereocenters. The highest BCUT2D eigenvalue weighted by molar-refractivity contribution is 5.94. The maximum atomic E-state index is 11.9. The molecule has 0 aromatic heterocycles. The zero-order valence-electron chi connectivity index (χ0n) is 13.0. The molecule has 1 aliphatic heterocycles. The maximum absolute atomic E-state index is 11.9. The second kappa shape index (κ2) is 7.89. The van der Waals surface area contributed by atoms with Crippen molar-refractivity contribution in [1.29, 1.82) is 0 Å². The Morgan fingerprint density at radius 1 is 1.36 bits per heavy atom. The molecule has 1 amide bonds. The fraction of sp³-hybridized carbons (Fsp3) is 0.562. The predicted octanol–water partition coefficient (Wildman–Crippen LogP) is 2.59. The van der Waals surface area contributed by atoms with Crippen LogP contribution in [-0.4, -0.2) is 41.4 Å². The first kappa shape index (κ1) is 16.4. The van der Waals surface area contributed by atoms with Gasteiger partial charge in [0, 0.05) is 36.8 Å². The van der Waals surface area contributed by atoms with Gasteiger partial charge in [-0.3, -0.25) is 14.9 Å². The molecule has 1 aromatic rings. The Bertz CT molecular complexity index is 516. The summed E-state index contributed by atoms with van der Waals surface area (Å²) < 4.78 is 0. The van der Waals surface area contributed by atoms with Crippen LogP contribution in [0.2, 0.25) is 0 Å². The summed E-state index contributed by atoms with van der Waals surface area (Å²) in [6, 6.07) is 6.31. The van der Waals surface area contributed by atoms with Crippen LogP contribution in [0.3, 0.4) is 0 Å². The van der Waals surface area contributed by atoms with E-state index < -0.39 is 4.92 Å². The molecule has 1 heterocycles. The third-order valence-electron chi connectivity index (χ3n) is 4.19. The van der Waals surface area contributed by atoms with Crippen LogP contribution in [0.4, 0.5) is 5.69 Å². The Morgan fingerprint density at radius 2 is 2.09 bits per heavy atom. The van der Waals surface area contributed by atoms with Gasteiger partial charge in [0.1, 0.15) is 0 Å². The molecule has 0 saturated carbocycles. The number of carbonyl (C=O) groups is 1. The molecule has 0 spiro atoms. The van der Waals surface area contributed by atoms with Gasteiger partial charge in [0.2, 0.25) is 0 Å². The van der Waals surface area contributed by atoms with Crippen LogP contribution in [0, 0.1) is 10.1 Å². The van der Waals surface area contributed by atoms with Gasteiger partial charge in [0.25, 0.3) is 11.6 Å². The summed E-state index contributed by atoms with van der Waals surface area (Å²) in [6.45, 7) is 5.03. The number of likely N-dealkylation sites (tertiary alicyclic amines) is 1. The van der Waals surface area contributed by atoms with Crippen LogP contribution in [-0.2, 0) is 0 Å². The van der Waals surface area contributed by atoms with E-state index in [9.17, 15) is 14.9 Å². The molecule has 6 nitrogen and oxygen atoms in total. The van der Waals surface area contributed by atoms with Crippen LogP contribution in [0.15, 0.2) is 24.3 Å². The van der Waals surface area contributed by atoms with Crippen molar-refractivity contribution in [2.45, 2.75) is 38.6 Å². The minimum atomic E-state index is -0.471. The van der Waals surface area contributed by atoms with Crippen LogP contribution in [0.25, 0.3) is 0 Å². The lowest BCUT2D eigenvalue weighted by Crippen LogP contribution is -2.39. The fourth-order valence-electron chi connectivity index (χ4n) is 2.81. The summed E-state index contributed by atoms with van der Waals surface area (Å²) in [4.78, 5) is 24.5. The van der Waals surface area contributed by atoms with Crippen LogP contribution in [0.5, 0.6) is 0 Å². The lowest BCUT2D eigenvalue weighted by molar-refractivity contribution is -0.384. The van der Waals surface area contributed by atoms with E-state index in [4.69, 9.17) is 0 Å². The second-order valence-electron chi connectivity index (χ2n) is 5.79. The molecule has 0 aliphatic carbocycles. The van der Waals surface area contributed by atoms with Crippen molar-refractivity contribution in [3.8, 4) is 0 Å². The molecule has 1 atom stereocenters. The van der Waals surface area contributed by atoms with Gasteiger partial charge >= 0.3 is 0 Å². The van der Waals surface area contributed by atoms with E-state index in [0.717, 1.165) is 19.5 Å². The Hall–Kier alpha value is -1.95. The number of hydrogen-bond donors (Lipinski definition) is 1. The Kier molecular flexibility index (Phi) is 5.89. The number of nitrogens with zero attached hydrogens (tertiary/aromatic N) is 2. The van der Waals surface area contributed by atoms with Gasteiger partial charge in [0.05, 0.1) is 4.92 Å². The first-order chi connectivity index (χ1) is 10.6. The van der Waals surface area contributed by atoms with E-state index in [2.05, 4.69) is 17.1 Å². The monoisotopic (exact) mass is 305 g/mol. The summed E-state index contributed by atoms with van der Waals surface area (Å²) in [5.41, 5.74) is 0.451. The zero-order chi connectivity index (χ0) is 15.9. The third-order valence-corrected chi connectivity index (χ3v) is 4.19. The van der Waals surface area contributed by atoms with Crippen LogP contribution < -0.4 is 5.32 Å². The first-order valence-corrected chi connectivity index (χ1v) is 7.84. The summed E-state index contributed by atoms with van der Waals surface area (Å²) in [6.07, 6.45) is 4.76. The molecule has 2 rings (SSSR count). The standard InChI is InChI=1S/C16H23N3O3/c1-13-5-2-3-11-18(13)12-4-10-17-16(20)14-6-8-15(9-7-14)19(21)22/h6-9,13H,2-5,10-12H2,1H3,(H,17,20)/t13-/m0/s1. The average molecular weight is 305 g/mol. The molecule has 1 saturated heterocycles. The van der Waals surface area contributed by atoms with Crippen molar-refractivity contribution >= 4 is 11.6 Å². The number of carbonyl (C=O) groups excluding carboxylic acids is 1. The minimum Gasteiger partial charge on any atom is -0.352 e. The number of nitrogens with one attached hydrogen (secondary N) is 1. The lowest BCUT2D eigenvalue weighted by Gasteiger charge is -2.33. The maximum Gasteiger partial charge on any atom is 0.269 e. The SMILES string of the molecule is C[C@H]1CCCCN1CCCNC(=O)c1ccc([N+](=O)[O-])cc1. The van der Waals surface area contributed by atoms with Gasteiger partial charge < -0.3 is 10.2 Å². The first-order valence-electron chi connectivity index (χ1n) is 7.84. The molecule has 120 valence electrons. The highest BCUT2D eigenvalue weighted by Crippen LogP contribution is 2.16. The van der Waals surface area contributed by atoms with Crippen molar-refractivity contribution in [3.63, 3.8) is 0 Å². The molecule has 0 radical (unpaired) electrons. The highest BCUT2D eigenvalue weighted by Gasteiger charge is 2.17. The molecule has 6 heteroatoms. The quantitative estimate of drug-likeness (QED) is 0.498. The van der Waals surface area contributed by atoms with Gasteiger partial charge in [-0.1, -0.05) is 6.42 Å². The van der Waals surface area contributed by atoms with Crippen molar-refractivity contribution in [2.24, 2.45) is 0 Å². The molecule has 1 aliphatic rings. The van der Waals surface area contributed by atoms with E-state index in [1.807, 2.05) is 0 Å². The van der Waals surface area contributed by atoms with E-state index in [0.29, 0.717) is 18.2 Å². The number of hydrogen-bond acceptors (Lipinski definition) is 4. The summed E-state index contributed by atoms with van der Waals surface area (Å²) in [7, 11) is 0. The Balaban J connectivity index is 1.72. The number of amides is 1. The minimum absolute atomic E-state index is 0.00404. The second-order valence-corrected chi connectivity index (χ2v) is 5.79. The van der Waals surface area contributed by atoms with Crippen molar-refractivity contribution < 1.29 is 9.72 Å². The topological polar surface area (TPSA) is 75.5 Å². The zero-order valence-corrected chi connectivity index (χ0v) is 13.0. The molecule has 1 aromatic carbocycles. The predicted molar refractivity (Wildman–Crippen MR) is 84.9 cm³/mol. The lowest BCUT2D eigenvalue weighted by atomic mass is 10.0. The molecular formula is C16H23N3O3. The number of non-ortho nitro benzene ring substituents is 1. The van der Waals surface area contributed by atoms with Gasteiger partial charge in [0.15, 0.2) is 0 Å². The van der Waals surface area contributed by atoms with E-state index >= 15 is 0 Å². The molecule has 22 heavy (non-hydrogen) atoms. The number of nitro benzene ring substituents is 1. The summed E-state index contributed by atoms with van der Waals surface area (Å²) in [5, 5.41) is 13.4. The van der Waals surface area contributed by atoms with Crippen molar-refractivity contribution in [1.82, 2.24) is 10.2 Å². The third kappa shape index (κ3) is 4.53. The molecule has 1 fully saturated rings. The van der Waals surface area contributed by atoms with Gasteiger partial charge in [-0.25, -0.2) is 0 Å². The average Bonchev–Trinajstić information content (AvgIpc) is 2.53. The fourth-order valence-corrected chi connectivity index (χ4v) is 2.81. The number of benzene rings is 1. The molecule has 0 bridgehead atoms. The van der Waals surface area contributed by atoms with E-state index in [-0.39, 0.29) is 11.6 Å². The molecular weight excluding hydrogens is 282 g/mol. The summed E-state index contributed by atoms with van der Waals surface area (Å²) in [5.74, 6) is -0.179. The van der Waals surface area contributed by atoms with Crippen molar-refractivity contribution in [3.05, 3.63) is 39.9 Å². The Labute approximate surface area is 130 Å². The van der Waals surface area contributed by atoms with Gasteiger partial charge in [-0.15, -0.1) is 0 Å². The number of piperidine rings is 1. The summed E-state index contributed by atoms with van der Waals surface area (Å²) >= 11 is 0. The van der Waals surface area contributed by atoms with Gasteiger partial charge in [-0.2, -0.15) is 0 Å². The largest absolute Gasteiger partial charge is 0.352 e. The smallest absolute Gasteiger partial charge is 0.269 e. The Morgan fingerprint density at radius 3 is 2.73 bits per heavy atom. The van der Waals surface area contributed by atoms with Crippen LogP contribution in [0.1, 0.15) is 43.0 Å². The number of rotatable bonds is 6. The normalized spacial score (nSPS) is 18.9. The van der Waals surface area contributed by atoms with Crippen LogP contribution >= 0.6 is 0 Å². The molecule has 1 N–H and O–H groups in total. The van der Waals surface area contributed by atoms with Crippen molar-refractivity contribution in [2.75, 3.05) is 19.6 Å².